The summed E-state index contributed by atoms with van der Waals surface area (Å²) in [5.41, 5.74) is 0. The zero-order chi connectivity index (χ0) is 10.9. The highest BCUT2D eigenvalue weighted by Crippen LogP contribution is 2.17. The number of carbonyl (C=O) groups excluding carboxylic acids is 2. The van der Waals surface area contributed by atoms with Crippen molar-refractivity contribution in [2.24, 2.45) is 5.92 Å². The molecular formula is C13H22O2. The molecule has 1 atom stereocenters. The lowest BCUT2D eigenvalue weighted by atomic mass is 9.93. The van der Waals surface area contributed by atoms with Gasteiger partial charge in [0.2, 0.25) is 0 Å². The van der Waals surface area contributed by atoms with Gasteiger partial charge in [-0.15, -0.1) is 0 Å². The standard InChI is InChI=1S/C13H22O2/c14-11-12-9-7-5-3-1-2-4-6-8-10-13(12)15/h11-12H,1-10H2. The Bertz CT molecular complexity index is 199. The molecule has 2 heteroatoms. The van der Waals surface area contributed by atoms with Gasteiger partial charge in [0.15, 0.2) is 0 Å². The van der Waals surface area contributed by atoms with Crippen LogP contribution in [0.15, 0.2) is 0 Å². The Balaban J connectivity index is 2.37. The highest BCUT2D eigenvalue weighted by molar-refractivity contribution is 5.93. The molecule has 1 unspecified atom stereocenters. The summed E-state index contributed by atoms with van der Waals surface area (Å²) >= 11 is 0. The molecule has 0 N–H and O–H groups in total. The van der Waals surface area contributed by atoms with E-state index in [1.807, 2.05) is 0 Å². The van der Waals surface area contributed by atoms with Crippen molar-refractivity contribution in [3.63, 3.8) is 0 Å². The van der Waals surface area contributed by atoms with Gasteiger partial charge in [-0.3, -0.25) is 4.79 Å². The van der Waals surface area contributed by atoms with Gasteiger partial charge in [-0.25, -0.2) is 0 Å². The third-order valence-electron chi connectivity index (χ3n) is 3.27. The summed E-state index contributed by atoms with van der Waals surface area (Å²) in [6, 6.07) is 0. The van der Waals surface area contributed by atoms with E-state index in [4.69, 9.17) is 0 Å². The lowest BCUT2D eigenvalue weighted by Crippen LogP contribution is -2.16. The topological polar surface area (TPSA) is 34.1 Å². The Labute approximate surface area is 92.4 Å². The van der Waals surface area contributed by atoms with Crippen LogP contribution in [0.4, 0.5) is 0 Å². The van der Waals surface area contributed by atoms with Gasteiger partial charge in [0, 0.05) is 6.42 Å². The Morgan fingerprint density at radius 2 is 1.40 bits per heavy atom. The maximum Gasteiger partial charge on any atom is 0.143 e. The van der Waals surface area contributed by atoms with Gasteiger partial charge in [0.1, 0.15) is 12.1 Å². The molecule has 1 aliphatic carbocycles. The molecule has 0 aliphatic heterocycles. The molecule has 0 aromatic carbocycles. The molecule has 1 saturated carbocycles. The van der Waals surface area contributed by atoms with Gasteiger partial charge >= 0.3 is 0 Å². The van der Waals surface area contributed by atoms with E-state index in [-0.39, 0.29) is 11.7 Å². The number of carbonyl (C=O) groups is 2. The Kier molecular flexibility index (Phi) is 6.29. The van der Waals surface area contributed by atoms with E-state index >= 15 is 0 Å². The van der Waals surface area contributed by atoms with Crippen molar-refractivity contribution in [2.75, 3.05) is 0 Å². The van der Waals surface area contributed by atoms with E-state index in [1.54, 1.807) is 0 Å². The van der Waals surface area contributed by atoms with Crippen LogP contribution < -0.4 is 0 Å². The first-order valence-electron chi connectivity index (χ1n) is 6.32. The number of Topliss-reactive ketones (excluding diaryl/α,β-unsaturated/α-hetero) is 1. The highest BCUT2D eigenvalue weighted by atomic mass is 16.1. The van der Waals surface area contributed by atoms with Crippen LogP contribution in [-0.4, -0.2) is 12.1 Å². The largest absolute Gasteiger partial charge is 0.303 e. The first-order chi connectivity index (χ1) is 7.34. The zero-order valence-electron chi connectivity index (χ0n) is 9.54. The molecule has 0 spiro atoms. The minimum atomic E-state index is -0.301. The third-order valence-corrected chi connectivity index (χ3v) is 3.27. The fourth-order valence-electron chi connectivity index (χ4n) is 2.21. The maximum atomic E-state index is 11.6. The van der Waals surface area contributed by atoms with Crippen molar-refractivity contribution in [3.8, 4) is 0 Å². The van der Waals surface area contributed by atoms with Crippen LogP contribution in [0.1, 0.15) is 64.2 Å². The summed E-state index contributed by atoms with van der Waals surface area (Å²) in [6.45, 7) is 0. The van der Waals surface area contributed by atoms with Gasteiger partial charge in [-0.2, -0.15) is 0 Å². The monoisotopic (exact) mass is 210 g/mol. The first kappa shape index (κ1) is 12.4. The van der Waals surface area contributed by atoms with Crippen LogP contribution in [0.2, 0.25) is 0 Å². The number of aldehydes is 1. The van der Waals surface area contributed by atoms with Gasteiger partial charge < -0.3 is 4.79 Å². The van der Waals surface area contributed by atoms with Crippen molar-refractivity contribution < 1.29 is 9.59 Å². The van der Waals surface area contributed by atoms with Gasteiger partial charge in [0.05, 0.1) is 5.92 Å². The smallest absolute Gasteiger partial charge is 0.143 e. The average Bonchev–Trinajstić information content (AvgIpc) is 2.23. The Morgan fingerprint density at radius 3 is 2.00 bits per heavy atom. The summed E-state index contributed by atoms with van der Waals surface area (Å²) in [6.07, 6.45) is 11.7. The molecule has 1 fully saturated rings. The predicted molar refractivity (Wildman–Crippen MR) is 60.7 cm³/mol. The lowest BCUT2D eigenvalue weighted by molar-refractivity contribution is -0.127. The van der Waals surface area contributed by atoms with Crippen molar-refractivity contribution in [1.29, 1.82) is 0 Å². The Morgan fingerprint density at radius 1 is 0.867 bits per heavy atom. The third kappa shape index (κ3) is 5.10. The Hall–Kier alpha value is -0.660. The van der Waals surface area contributed by atoms with E-state index in [1.165, 1.54) is 32.1 Å². The summed E-state index contributed by atoms with van der Waals surface area (Å²) in [7, 11) is 0. The first-order valence-corrected chi connectivity index (χ1v) is 6.32. The number of hydrogen-bond acceptors (Lipinski definition) is 2. The van der Waals surface area contributed by atoms with E-state index < -0.39 is 0 Å². The second kappa shape index (κ2) is 7.61. The van der Waals surface area contributed by atoms with Crippen LogP contribution in [-0.2, 0) is 9.59 Å². The molecule has 0 aromatic heterocycles. The molecule has 0 heterocycles. The van der Waals surface area contributed by atoms with E-state index in [0.29, 0.717) is 6.42 Å². The molecule has 1 rings (SSSR count). The minimum Gasteiger partial charge on any atom is -0.303 e. The molecule has 0 bridgehead atoms. The van der Waals surface area contributed by atoms with Crippen LogP contribution in [0.3, 0.4) is 0 Å². The van der Waals surface area contributed by atoms with Crippen LogP contribution in [0.25, 0.3) is 0 Å². The lowest BCUT2D eigenvalue weighted by Gasteiger charge is -2.10. The molecule has 86 valence electrons. The van der Waals surface area contributed by atoms with Crippen LogP contribution in [0, 0.1) is 5.92 Å². The SMILES string of the molecule is O=CC1CCCCCCCCCCC1=O. The molecule has 0 aromatic rings. The second-order valence-corrected chi connectivity index (χ2v) is 4.58. The molecular weight excluding hydrogens is 188 g/mol. The summed E-state index contributed by atoms with van der Waals surface area (Å²) in [5.74, 6) is -0.130. The average molecular weight is 210 g/mol. The minimum absolute atomic E-state index is 0.172. The molecule has 0 amide bonds. The number of ketones is 1. The molecule has 0 saturated heterocycles. The van der Waals surface area contributed by atoms with Gasteiger partial charge in [-0.05, 0) is 12.8 Å². The molecule has 2 nitrogen and oxygen atoms in total. The molecule has 0 radical (unpaired) electrons. The predicted octanol–water partition coefficient (Wildman–Crippen LogP) is 3.29. The van der Waals surface area contributed by atoms with E-state index in [0.717, 1.165) is 32.0 Å². The van der Waals surface area contributed by atoms with Gasteiger partial charge in [0.25, 0.3) is 0 Å². The summed E-state index contributed by atoms with van der Waals surface area (Å²) < 4.78 is 0. The zero-order valence-corrected chi connectivity index (χ0v) is 9.54. The fraction of sp³-hybridized carbons (Fsp3) is 0.846. The number of rotatable bonds is 1. The highest BCUT2D eigenvalue weighted by Gasteiger charge is 2.16. The van der Waals surface area contributed by atoms with Crippen molar-refractivity contribution >= 4 is 12.1 Å². The molecule has 1 aliphatic rings. The quantitative estimate of drug-likeness (QED) is 0.491. The van der Waals surface area contributed by atoms with Crippen LogP contribution in [0.5, 0.6) is 0 Å². The van der Waals surface area contributed by atoms with E-state index in [9.17, 15) is 9.59 Å². The fourth-order valence-corrected chi connectivity index (χ4v) is 2.21. The number of hydrogen-bond donors (Lipinski definition) is 0. The van der Waals surface area contributed by atoms with Crippen molar-refractivity contribution in [2.45, 2.75) is 64.2 Å². The summed E-state index contributed by atoms with van der Waals surface area (Å²) in [5, 5.41) is 0. The molecule has 15 heavy (non-hydrogen) atoms. The van der Waals surface area contributed by atoms with Crippen molar-refractivity contribution in [3.05, 3.63) is 0 Å². The van der Waals surface area contributed by atoms with E-state index in [2.05, 4.69) is 0 Å². The maximum absolute atomic E-state index is 11.6. The normalized spacial score (nSPS) is 26.4. The van der Waals surface area contributed by atoms with Crippen molar-refractivity contribution in [1.82, 2.24) is 0 Å². The second-order valence-electron chi connectivity index (χ2n) is 4.58. The van der Waals surface area contributed by atoms with Gasteiger partial charge in [-0.1, -0.05) is 44.9 Å². The van der Waals surface area contributed by atoms with Crippen LogP contribution >= 0.6 is 0 Å². The summed E-state index contributed by atoms with van der Waals surface area (Å²) in [4.78, 5) is 22.4.